The monoisotopic (exact) mass is 309 g/mol. The Hall–Kier alpha value is -1.63. The molecule has 1 saturated carbocycles. The number of pyridine rings is 1. The summed E-state index contributed by atoms with van der Waals surface area (Å²) in [6.07, 6.45) is 6.50. The zero-order valence-electron chi connectivity index (χ0n) is 16.2. The number of aryl methyl sites for hydroxylation is 2. The Labute approximate surface area is 142 Å². The Morgan fingerprint density at radius 2 is 1.78 bits per heavy atom. The number of rotatable bonds is 2. The molecule has 1 aliphatic rings. The van der Waals surface area contributed by atoms with Crippen molar-refractivity contribution in [3.05, 3.63) is 53.2 Å². The Morgan fingerprint density at radius 1 is 1.09 bits per heavy atom. The van der Waals surface area contributed by atoms with Gasteiger partial charge in [0.25, 0.3) is 0 Å². The molecule has 0 unspecified atom stereocenters. The molecule has 1 fully saturated rings. The maximum atomic E-state index is 8.84. The number of benzene rings is 1. The van der Waals surface area contributed by atoms with Gasteiger partial charge in [0.15, 0.2) is 6.20 Å². The van der Waals surface area contributed by atoms with Crippen molar-refractivity contribution in [1.82, 2.24) is 0 Å². The van der Waals surface area contributed by atoms with Gasteiger partial charge in [0.05, 0.1) is 0 Å². The highest BCUT2D eigenvalue weighted by molar-refractivity contribution is 5.63. The molecule has 1 heteroatoms. The normalized spacial score (nSPS) is 18.0. The molecular formula is C22H30N+. The topological polar surface area (TPSA) is 3.88 Å². The van der Waals surface area contributed by atoms with Gasteiger partial charge in [-0.1, -0.05) is 45.7 Å². The van der Waals surface area contributed by atoms with E-state index in [4.69, 9.17) is 1.37 Å². The van der Waals surface area contributed by atoms with Crippen LogP contribution in [0.1, 0.15) is 70.4 Å². The first-order chi connectivity index (χ1) is 11.2. The van der Waals surface area contributed by atoms with Crippen LogP contribution in [0.3, 0.4) is 0 Å². The summed E-state index contributed by atoms with van der Waals surface area (Å²) >= 11 is 0. The van der Waals surface area contributed by atoms with Crippen molar-refractivity contribution in [2.24, 2.45) is 7.05 Å². The van der Waals surface area contributed by atoms with Crippen LogP contribution >= 0.6 is 0 Å². The van der Waals surface area contributed by atoms with Crippen LogP contribution in [-0.4, -0.2) is 0 Å². The third-order valence-corrected chi connectivity index (χ3v) is 5.14. The maximum absolute atomic E-state index is 8.84. The quantitative estimate of drug-likeness (QED) is 0.650. The molecule has 23 heavy (non-hydrogen) atoms. The van der Waals surface area contributed by atoms with Crippen molar-refractivity contribution < 1.29 is 5.94 Å². The lowest BCUT2D eigenvalue weighted by molar-refractivity contribution is -0.660. The molecule has 0 spiro atoms. The molecule has 1 nitrogen and oxygen atoms in total. The van der Waals surface area contributed by atoms with Gasteiger partial charge in [-0.25, -0.2) is 4.57 Å². The first kappa shape index (κ1) is 14.9. The lowest BCUT2D eigenvalue weighted by Gasteiger charge is -2.19. The molecule has 1 aromatic heterocycles. The van der Waals surface area contributed by atoms with Crippen molar-refractivity contribution in [2.45, 2.75) is 64.7 Å². The lowest BCUT2D eigenvalue weighted by Crippen LogP contribution is -2.32. The first-order valence-corrected chi connectivity index (χ1v) is 8.82. The summed E-state index contributed by atoms with van der Waals surface area (Å²) in [4.78, 5) is 0. The molecule has 0 N–H and O–H groups in total. The summed E-state index contributed by atoms with van der Waals surface area (Å²) < 4.78 is 11.0. The molecule has 0 bridgehead atoms. The predicted octanol–water partition coefficient (Wildman–Crippen LogP) is 5.44. The number of hydrogen-bond acceptors (Lipinski definition) is 0. The van der Waals surface area contributed by atoms with E-state index in [1.807, 2.05) is 0 Å². The van der Waals surface area contributed by atoms with Gasteiger partial charge in [0, 0.05) is 19.1 Å². The minimum absolute atomic E-state index is 0.136. The minimum Gasteiger partial charge on any atom is -0.201 e. The zero-order valence-corrected chi connectivity index (χ0v) is 15.2. The Morgan fingerprint density at radius 3 is 2.43 bits per heavy atom. The van der Waals surface area contributed by atoms with Crippen LogP contribution < -0.4 is 4.57 Å². The van der Waals surface area contributed by atoms with E-state index in [9.17, 15) is 0 Å². The first-order valence-electron chi connectivity index (χ1n) is 9.32. The Balaban J connectivity index is 2.12. The van der Waals surface area contributed by atoms with Crippen LogP contribution in [0.5, 0.6) is 0 Å². The van der Waals surface area contributed by atoms with Gasteiger partial charge in [0.2, 0.25) is 5.69 Å². The van der Waals surface area contributed by atoms with Gasteiger partial charge in [-0.15, -0.1) is 0 Å². The third kappa shape index (κ3) is 3.34. The standard InChI is InChI=1S/C22H30N/c1-16-10-11-18(17-8-6-7-9-17)14-20(16)21-15-19(22(2,3)4)12-13-23(21)5/h10-15,17H,6-9H2,1-5H3/q+1/i17D. The average molecular weight is 309 g/mol. The van der Waals surface area contributed by atoms with Crippen molar-refractivity contribution in [3.8, 4) is 11.3 Å². The molecule has 0 aliphatic heterocycles. The molecule has 0 radical (unpaired) electrons. The van der Waals surface area contributed by atoms with Gasteiger partial charge in [-0.2, -0.15) is 0 Å². The van der Waals surface area contributed by atoms with E-state index in [-0.39, 0.29) is 11.3 Å². The highest BCUT2D eigenvalue weighted by Crippen LogP contribution is 2.36. The molecular weight excluding hydrogens is 278 g/mol. The van der Waals surface area contributed by atoms with Gasteiger partial charge < -0.3 is 0 Å². The summed E-state index contributed by atoms with van der Waals surface area (Å²) in [7, 11) is 2.11. The Bertz CT molecular complexity index is 749. The fraction of sp³-hybridized carbons (Fsp3) is 0.500. The van der Waals surface area contributed by atoms with E-state index in [1.165, 1.54) is 40.8 Å². The van der Waals surface area contributed by atoms with E-state index < -0.39 is 0 Å². The van der Waals surface area contributed by atoms with Crippen molar-refractivity contribution >= 4 is 0 Å². The van der Waals surface area contributed by atoms with E-state index in [1.54, 1.807) is 0 Å². The maximum Gasteiger partial charge on any atom is 0.212 e. The van der Waals surface area contributed by atoms with Gasteiger partial charge in [-0.3, -0.25) is 0 Å². The summed E-state index contributed by atoms with van der Waals surface area (Å²) in [5, 5.41) is 0. The number of hydrogen-bond donors (Lipinski definition) is 0. The highest BCUT2D eigenvalue weighted by atomic mass is 14.9. The molecule has 1 aliphatic carbocycles. The van der Waals surface area contributed by atoms with Crippen LogP contribution in [0.25, 0.3) is 11.3 Å². The van der Waals surface area contributed by atoms with E-state index in [2.05, 4.69) is 75.8 Å². The molecule has 0 amide bonds. The highest BCUT2D eigenvalue weighted by Gasteiger charge is 2.22. The lowest BCUT2D eigenvalue weighted by atomic mass is 9.86. The van der Waals surface area contributed by atoms with E-state index >= 15 is 0 Å². The van der Waals surface area contributed by atoms with Crippen LogP contribution in [-0.2, 0) is 12.5 Å². The summed E-state index contributed by atoms with van der Waals surface area (Å²) in [5.41, 5.74) is 6.45. The van der Waals surface area contributed by atoms with Crippen molar-refractivity contribution in [1.29, 1.82) is 0 Å². The fourth-order valence-corrected chi connectivity index (χ4v) is 3.51. The van der Waals surface area contributed by atoms with E-state index in [0.29, 0.717) is 0 Å². The second kappa shape index (κ2) is 6.11. The zero-order chi connectivity index (χ0) is 17.5. The van der Waals surface area contributed by atoms with Gasteiger partial charge in [0.1, 0.15) is 7.05 Å². The number of aromatic nitrogens is 1. The largest absolute Gasteiger partial charge is 0.212 e. The van der Waals surface area contributed by atoms with Gasteiger partial charge >= 0.3 is 0 Å². The molecule has 1 aromatic carbocycles. The summed E-state index contributed by atoms with van der Waals surface area (Å²) in [5.74, 6) is -0.386. The molecule has 0 saturated heterocycles. The fourth-order valence-electron chi connectivity index (χ4n) is 3.51. The van der Waals surface area contributed by atoms with Crippen LogP contribution in [0.2, 0.25) is 0 Å². The van der Waals surface area contributed by atoms with Crippen LogP contribution in [0.4, 0.5) is 0 Å². The van der Waals surface area contributed by atoms with Crippen LogP contribution in [0.15, 0.2) is 36.5 Å². The smallest absolute Gasteiger partial charge is 0.201 e. The molecule has 2 aromatic rings. The summed E-state index contributed by atoms with van der Waals surface area (Å²) in [6, 6.07) is 11.2. The second-order valence-electron chi connectivity index (χ2n) is 8.00. The second-order valence-corrected chi connectivity index (χ2v) is 8.00. The Kier molecular flexibility index (Phi) is 3.97. The number of nitrogens with zero attached hydrogens (tertiary/aromatic N) is 1. The van der Waals surface area contributed by atoms with Crippen LogP contribution in [0, 0.1) is 6.92 Å². The van der Waals surface area contributed by atoms with Crippen molar-refractivity contribution in [3.63, 3.8) is 0 Å². The molecule has 3 rings (SSSR count). The molecule has 0 atom stereocenters. The van der Waals surface area contributed by atoms with E-state index in [0.717, 1.165) is 12.8 Å². The summed E-state index contributed by atoms with van der Waals surface area (Å²) in [6.45, 7) is 8.94. The van der Waals surface area contributed by atoms with Gasteiger partial charge in [-0.05, 0) is 53.8 Å². The van der Waals surface area contributed by atoms with Crippen molar-refractivity contribution in [2.75, 3.05) is 0 Å². The molecule has 1 heterocycles. The average Bonchev–Trinajstić information content (AvgIpc) is 2.95. The third-order valence-electron chi connectivity index (χ3n) is 5.14. The predicted molar refractivity (Wildman–Crippen MR) is 97.7 cm³/mol. The SMILES string of the molecule is [2H]C1(c2ccc(C)c(-c3cc(C(C)(C)C)cc[n+]3C)c2)CCCC1. The minimum atomic E-state index is -0.386. The molecule has 122 valence electrons.